The number of aromatic nitrogens is 4. The zero-order chi connectivity index (χ0) is 16.8. The highest BCUT2D eigenvalue weighted by Gasteiger charge is 2.17. The summed E-state index contributed by atoms with van der Waals surface area (Å²) in [5, 5.41) is 5.14. The zero-order valence-electron chi connectivity index (χ0n) is 13.0. The minimum atomic E-state index is -0.132. The van der Waals surface area contributed by atoms with Crippen molar-refractivity contribution in [3.05, 3.63) is 83.3 Å². The SMILES string of the molecule is O=c1c2ccccc2n2nc(-c3ccco3)nc2n1-c1ccccc1. The lowest BCUT2D eigenvalue weighted by Crippen LogP contribution is -2.21. The van der Waals surface area contributed by atoms with Gasteiger partial charge in [0.15, 0.2) is 5.76 Å². The van der Waals surface area contributed by atoms with Crippen LogP contribution in [-0.4, -0.2) is 19.2 Å². The zero-order valence-corrected chi connectivity index (χ0v) is 13.0. The van der Waals surface area contributed by atoms with Gasteiger partial charge in [-0.3, -0.25) is 4.79 Å². The van der Waals surface area contributed by atoms with Crippen LogP contribution >= 0.6 is 0 Å². The Balaban J connectivity index is 1.97. The van der Waals surface area contributed by atoms with Crippen molar-refractivity contribution in [2.24, 2.45) is 0 Å². The Labute approximate surface area is 141 Å². The van der Waals surface area contributed by atoms with Gasteiger partial charge in [0.05, 0.1) is 22.9 Å². The summed E-state index contributed by atoms with van der Waals surface area (Å²) in [7, 11) is 0. The Hall–Kier alpha value is -3.67. The first kappa shape index (κ1) is 13.7. The Bertz CT molecular complexity index is 1250. The molecule has 0 spiro atoms. The molecule has 5 rings (SSSR count). The number of benzene rings is 2. The number of fused-ring (bicyclic) bond motifs is 3. The summed E-state index contributed by atoms with van der Waals surface area (Å²) in [5.41, 5.74) is 1.31. The average molecular weight is 328 g/mol. The molecule has 25 heavy (non-hydrogen) atoms. The lowest BCUT2D eigenvalue weighted by Gasteiger charge is -2.09. The van der Waals surface area contributed by atoms with E-state index in [0.717, 1.165) is 5.69 Å². The molecule has 0 saturated heterocycles. The maximum atomic E-state index is 13.1. The van der Waals surface area contributed by atoms with Crippen molar-refractivity contribution in [1.29, 1.82) is 0 Å². The number of para-hydroxylation sites is 2. The highest BCUT2D eigenvalue weighted by Crippen LogP contribution is 2.20. The molecular weight excluding hydrogens is 316 g/mol. The fraction of sp³-hybridized carbons (Fsp3) is 0. The van der Waals surface area contributed by atoms with Gasteiger partial charge in [-0.25, -0.2) is 4.57 Å². The first-order chi connectivity index (χ1) is 12.3. The van der Waals surface area contributed by atoms with E-state index in [0.29, 0.717) is 28.3 Å². The van der Waals surface area contributed by atoms with Gasteiger partial charge in [-0.15, -0.1) is 5.10 Å². The molecule has 6 heteroatoms. The molecular formula is C19H12N4O2. The van der Waals surface area contributed by atoms with Gasteiger partial charge in [0.1, 0.15) is 0 Å². The molecule has 5 aromatic rings. The number of hydrogen-bond donors (Lipinski definition) is 0. The second-order valence-corrected chi connectivity index (χ2v) is 5.62. The summed E-state index contributed by atoms with van der Waals surface area (Å²) >= 11 is 0. The molecule has 120 valence electrons. The van der Waals surface area contributed by atoms with Crippen LogP contribution in [0.25, 0.3) is 34.0 Å². The number of hydrogen-bond acceptors (Lipinski definition) is 4. The molecule has 0 atom stereocenters. The molecule has 0 radical (unpaired) electrons. The standard InChI is InChI=1S/C19H12N4O2/c24-18-14-9-4-5-10-15(14)23-19(22(18)13-7-2-1-3-8-13)20-17(21-23)16-11-6-12-25-16/h1-12H. The summed E-state index contributed by atoms with van der Waals surface area (Å²) in [5.74, 6) is 1.44. The molecule has 0 aliphatic rings. The molecule has 0 saturated carbocycles. The van der Waals surface area contributed by atoms with E-state index >= 15 is 0 Å². The van der Waals surface area contributed by atoms with Crippen molar-refractivity contribution in [1.82, 2.24) is 19.2 Å². The van der Waals surface area contributed by atoms with Gasteiger partial charge in [0.25, 0.3) is 5.56 Å². The molecule has 0 N–H and O–H groups in total. The monoisotopic (exact) mass is 328 g/mol. The third kappa shape index (κ3) is 2.01. The quantitative estimate of drug-likeness (QED) is 0.499. The van der Waals surface area contributed by atoms with Gasteiger partial charge < -0.3 is 4.42 Å². The van der Waals surface area contributed by atoms with Crippen LogP contribution in [0.15, 0.2) is 82.2 Å². The minimum Gasteiger partial charge on any atom is -0.461 e. The topological polar surface area (TPSA) is 65.3 Å². The normalized spacial score (nSPS) is 11.4. The second-order valence-electron chi connectivity index (χ2n) is 5.62. The van der Waals surface area contributed by atoms with Crippen molar-refractivity contribution in [2.75, 3.05) is 0 Å². The van der Waals surface area contributed by atoms with Gasteiger partial charge in [-0.2, -0.15) is 9.50 Å². The first-order valence-corrected chi connectivity index (χ1v) is 7.83. The maximum absolute atomic E-state index is 13.1. The van der Waals surface area contributed by atoms with Crippen LogP contribution in [0.4, 0.5) is 0 Å². The molecule has 6 nitrogen and oxygen atoms in total. The van der Waals surface area contributed by atoms with Crippen LogP contribution in [0.3, 0.4) is 0 Å². The lowest BCUT2D eigenvalue weighted by atomic mass is 10.2. The molecule has 3 heterocycles. The van der Waals surface area contributed by atoms with Crippen LogP contribution < -0.4 is 5.56 Å². The van der Waals surface area contributed by atoms with Gasteiger partial charge in [-0.05, 0) is 36.4 Å². The van der Waals surface area contributed by atoms with E-state index in [1.807, 2.05) is 48.5 Å². The van der Waals surface area contributed by atoms with Crippen molar-refractivity contribution < 1.29 is 4.42 Å². The van der Waals surface area contributed by atoms with Crippen molar-refractivity contribution in [3.8, 4) is 17.3 Å². The third-order valence-corrected chi connectivity index (χ3v) is 4.11. The predicted octanol–water partition coefficient (Wildman–Crippen LogP) is 3.29. The van der Waals surface area contributed by atoms with Crippen LogP contribution in [0.2, 0.25) is 0 Å². The Morgan fingerprint density at radius 3 is 2.48 bits per heavy atom. The fourth-order valence-corrected chi connectivity index (χ4v) is 2.98. The fourth-order valence-electron chi connectivity index (χ4n) is 2.98. The summed E-state index contributed by atoms with van der Waals surface area (Å²) in [6.45, 7) is 0. The van der Waals surface area contributed by atoms with Crippen LogP contribution in [0.5, 0.6) is 0 Å². The van der Waals surface area contributed by atoms with E-state index in [-0.39, 0.29) is 5.56 Å². The summed E-state index contributed by atoms with van der Waals surface area (Å²) < 4.78 is 8.66. The van der Waals surface area contributed by atoms with E-state index in [2.05, 4.69) is 10.1 Å². The van der Waals surface area contributed by atoms with E-state index in [4.69, 9.17) is 4.42 Å². The Morgan fingerprint density at radius 2 is 1.68 bits per heavy atom. The molecule has 3 aromatic heterocycles. The summed E-state index contributed by atoms with van der Waals surface area (Å²) in [4.78, 5) is 17.7. The van der Waals surface area contributed by atoms with Gasteiger partial charge in [-0.1, -0.05) is 30.3 Å². The number of furan rings is 1. The molecule has 0 fully saturated rings. The van der Waals surface area contributed by atoms with E-state index in [9.17, 15) is 4.79 Å². The molecule has 2 aromatic carbocycles. The van der Waals surface area contributed by atoms with E-state index in [1.54, 1.807) is 33.5 Å². The molecule has 0 aliphatic heterocycles. The van der Waals surface area contributed by atoms with Crippen molar-refractivity contribution in [2.45, 2.75) is 0 Å². The van der Waals surface area contributed by atoms with Crippen LogP contribution in [-0.2, 0) is 0 Å². The maximum Gasteiger partial charge on any atom is 0.267 e. The predicted molar refractivity (Wildman–Crippen MR) is 93.8 cm³/mol. The Kier molecular flexibility index (Phi) is 2.84. The Morgan fingerprint density at radius 1 is 0.880 bits per heavy atom. The van der Waals surface area contributed by atoms with Gasteiger partial charge in [0, 0.05) is 0 Å². The van der Waals surface area contributed by atoms with Gasteiger partial charge in [0.2, 0.25) is 11.6 Å². The van der Waals surface area contributed by atoms with Crippen molar-refractivity contribution >= 4 is 16.7 Å². The van der Waals surface area contributed by atoms with E-state index in [1.165, 1.54) is 0 Å². The average Bonchev–Trinajstić information content (AvgIpc) is 3.33. The lowest BCUT2D eigenvalue weighted by molar-refractivity contribution is 0.577. The molecule has 0 amide bonds. The summed E-state index contributed by atoms with van der Waals surface area (Å²) in [6.07, 6.45) is 1.57. The number of rotatable bonds is 2. The van der Waals surface area contributed by atoms with Crippen LogP contribution in [0.1, 0.15) is 0 Å². The van der Waals surface area contributed by atoms with Crippen LogP contribution in [0, 0.1) is 0 Å². The molecule has 0 aliphatic carbocycles. The molecule has 0 bridgehead atoms. The highest BCUT2D eigenvalue weighted by molar-refractivity contribution is 5.80. The van der Waals surface area contributed by atoms with Crippen molar-refractivity contribution in [3.63, 3.8) is 0 Å². The largest absolute Gasteiger partial charge is 0.461 e. The third-order valence-electron chi connectivity index (χ3n) is 4.11. The molecule has 0 unspecified atom stereocenters. The smallest absolute Gasteiger partial charge is 0.267 e. The number of nitrogens with zero attached hydrogens (tertiary/aromatic N) is 4. The first-order valence-electron chi connectivity index (χ1n) is 7.83. The minimum absolute atomic E-state index is 0.132. The summed E-state index contributed by atoms with van der Waals surface area (Å²) in [6, 6.07) is 20.4. The second kappa shape index (κ2) is 5.17. The van der Waals surface area contributed by atoms with Gasteiger partial charge >= 0.3 is 0 Å². The highest BCUT2D eigenvalue weighted by atomic mass is 16.3. The van der Waals surface area contributed by atoms with E-state index < -0.39 is 0 Å².